The highest BCUT2D eigenvalue weighted by Crippen LogP contribution is 2.19. The van der Waals surface area contributed by atoms with E-state index in [9.17, 15) is 9.59 Å². The fourth-order valence-electron chi connectivity index (χ4n) is 2.53. The summed E-state index contributed by atoms with van der Waals surface area (Å²) in [5.74, 6) is 0.126. The zero-order valence-electron chi connectivity index (χ0n) is 15.7. The molecule has 0 aromatic heterocycles. The second-order valence-electron chi connectivity index (χ2n) is 6.18. The molecule has 27 heavy (non-hydrogen) atoms. The van der Waals surface area contributed by atoms with Crippen LogP contribution in [0.15, 0.2) is 54.6 Å². The molecule has 0 radical (unpaired) electrons. The summed E-state index contributed by atoms with van der Waals surface area (Å²) in [4.78, 5) is 26.7. The Kier molecular flexibility index (Phi) is 8.14. The van der Waals surface area contributed by atoms with E-state index in [4.69, 9.17) is 16.3 Å². The van der Waals surface area contributed by atoms with E-state index >= 15 is 0 Å². The molecule has 6 heteroatoms. The molecule has 2 aromatic carbocycles. The van der Waals surface area contributed by atoms with Crippen molar-refractivity contribution in [3.05, 3.63) is 65.2 Å². The Bertz CT molecular complexity index is 752. The number of nitrogens with zero attached hydrogens (tertiary/aromatic N) is 1. The third-order valence-electron chi connectivity index (χ3n) is 4.12. The van der Waals surface area contributed by atoms with E-state index in [0.717, 1.165) is 12.0 Å². The van der Waals surface area contributed by atoms with Crippen LogP contribution in [0.4, 0.5) is 0 Å². The van der Waals surface area contributed by atoms with Gasteiger partial charge < -0.3 is 15.0 Å². The zero-order valence-corrected chi connectivity index (χ0v) is 16.4. The van der Waals surface area contributed by atoms with Crippen molar-refractivity contribution in [1.82, 2.24) is 10.2 Å². The van der Waals surface area contributed by atoms with Gasteiger partial charge in [-0.2, -0.15) is 0 Å². The van der Waals surface area contributed by atoms with Crippen molar-refractivity contribution in [2.75, 3.05) is 13.2 Å². The van der Waals surface area contributed by atoms with Crippen molar-refractivity contribution in [2.45, 2.75) is 32.9 Å². The molecule has 0 heterocycles. The molecule has 0 saturated carbocycles. The number of ether oxygens (including phenoxy) is 1. The number of halogens is 1. The normalized spacial score (nSPS) is 11.5. The van der Waals surface area contributed by atoms with Gasteiger partial charge in [-0.1, -0.05) is 54.9 Å². The number of amides is 2. The second-order valence-corrected chi connectivity index (χ2v) is 6.59. The first-order chi connectivity index (χ1) is 13.0. The van der Waals surface area contributed by atoms with E-state index in [-0.39, 0.29) is 25.0 Å². The molecular formula is C21H25ClN2O3. The van der Waals surface area contributed by atoms with Gasteiger partial charge in [-0.25, -0.2) is 0 Å². The lowest BCUT2D eigenvalue weighted by Crippen LogP contribution is -2.49. The topological polar surface area (TPSA) is 58.6 Å². The van der Waals surface area contributed by atoms with E-state index in [2.05, 4.69) is 5.32 Å². The molecule has 1 N–H and O–H groups in total. The average Bonchev–Trinajstić information content (AvgIpc) is 2.70. The van der Waals surface area contributed by atoms with Gasteiger partial charge in [0.15, 0.2) is 6.61 Å². The van der Waals surface area contributed by atoms with Gasteiger partial charge in [0.05, 0.1) is 0 Å². The van der Waals surface area contributed by atoms with Crippen LogP contribution >= 0.6 is 11.6 Å². The van der Waals surface area contributed by atoms with Crippen molar-refractivity contribution < 1.29 is 14.3 Å². The van der Waals surface area contributed by atoms with Crippen molar-refractivity contribution in [2.24, 2.45) is 0 Å². The van der Waals surface area contributed by atoms with Crippen LogP contribution in [0.3, 0.4) is 0 Å². The third kappa shape index (κ3) is 6.29. The molecule has 144 valence electrons. The first kappa shape index (κ1) is 20.8. The van der Waals surface area contributed by atoms with E-state index in [1.807, 2.05) is 43.3 Å². The number of nitrogens with one attached hydrogen (secondary N) is 1. The monoisotopic (exact) mass is 388 g/mol. The predicted octanol–water partition coefficient (Wildman–Crippen LogP) is 3.66. The lowest BCUT2D eigenvalue weighted by Gasteiger charge is -2.29. The molecule has 0 aliphatic heterocycles. The number of hydrogen-bond acceptors (Lipinski definition) is 3. The highest BCUT2D eigenvalue weighted by atomic mass is 35.5. The molecule has 0 spiro atoms. The summed E-state index contributed by atoms with van der Waals surface area (Å²) in [6.45, 7) is 4.34. The summed E-state index contributed by atoms with van der Waals surface area (Å²) >= 11 is 6.24. The van der Waals surface area contributed by atoms with Crippen LogP contribution in [0, 0.1) is 0 Å². The largest absolute Gasteiger partial charge is 0.484 e. The highest BCUT2D eigenvalue weighted by Gasteiger charge is 2.26. The Balaban J connectivity index is 2.13. The summed E-state index contributed by atoms with van der Waals surface area (Å²) in [6.07, 6.45) is 0.827. The zero-order chi connectivity index (χ0) is 19.6. The lowest BCUT2D eigenvalue weighted by molar-refractivity contribution is -0.142. The van der Waals surface area contributed by atoms with Crippen LogP contribution in [0.2, 0.25) is 5.02 Å². The van der Waals surface area contributed by atoms with Gasteiger partial charge in [-0.15, -0.1) is 0 Å². The molecule has 2 rings (SSSR count). The molecule has 0 bridgehead atoms. The summed E-state index contributed by atoms with van der Waals surface area (Å²) < 4.78 is 5.57. The van der Waals surface area contributed by atoms with Gasteiger partial charge in [0.1, 0.15) is 11.8 Å². The molecule has 5 nitrogen and oxygen atoms in total. The Morgan fingerprint density at radius 3 is 2.44 bits per heavy atom. The Hall–Kier alpha value is -2.53. The first-order valence-corrected chi connectivity index (χ1v) is 9.39. The minimum Gasteiger partial charge on any atom is -0.484 e. The molecule has 0 aliphatic carbocycles. The van der Waals surface area contributed by atoms with E-state index in [0.29, 0.717) is 17.3 Å². The molecule has 2 amide bonds. The van der Waals surface area contributed by atoms with Gasteiger partial charge in [0, 0.05) is 18.1 Å². The van der Waals surface area contributed by atoms with Crippen LogP contribution in [-0.2, 0) is 16.1 Å². The Morgan fingerprint density at radius 1 is 1.11 bits per heavy atom. The van der Waals surface area contributed by atoms with Crippen molar-refractivity contribution in [3.8, 4) is 5.75 Å². The van der Waals surface area contributed by atoms with Gasteiger partial charge in [0.25, 0.3) is 5.91 Å². The Morgan fingerprint density at radius 2 is 1.78 bits per heavy atom. The van der Waals surface area contributed by atoms with Crippen molar-refractivity contribution >= 4 is 23.4 Å². The molecule has 0 fully saturated rings. The summed E-state index contributed by atoms with van der Waals surface area (Å²) in [5, 5.41) is 3.39. The third-order valence-corrected chi connectivity index (χ3v) is 4.49. The Labute approximate surface area is 165 Å². The van der Waals surface area contributed by atoms with Crippen LogP contribution in [0.5, 0.6) is 5.75 Å². The van der Waals surface area contributed by atoms with Crippen molar-refractivity contribution in [3.63, 3.8) is 0 Å². The van der Waals surface area contributed by atoms with Gasteiger partial charge >= 0.3 is 0 Å². The second kappa shape index (κ2) is 10.6. The maximum Gasteiger partial charge on any atom is 0.261 e. The van der Waals surface area contributed by atoms with Gasteiger partial charge in [0.2, 0.25) is 5.91 Å². The number of carbonyl (C=O) groups excluding carboxylic acids is 2. The SMILES string of the molecule is CCCNC(=O)C(C)N(Cc1ccccc1Cl)C(=O)COc1ccccc1. The summed E-state index contributed by atoms with van der Waals surface area (Å²) in [5.41, 5.74) is 0.780. The fourth-order valence-corrected chi connectivity index (χ4v) is 2.73. The fraction of sp³-hybridized carbons (Fsp3) is 0.333. The predicted molar refractivity (Wildman–Crippen MR) is 107 cm³/mol. The van der Waals surface area contributed by atoms with E-state index < -0.39 is 6.04 Å². The van der Waals surface area contributed by atoms with Gasteiger partial charge in [-0.05, 0) is 37.1 Å². The molecule has 1 unspecified atom stereocenters. The molecule has 2 aromatic rings. The summed E-state index contributed by atoms with van der Waals surface area (Å²) in [7, 11) is 0. The van der Waals surface area contributed by atoms with Crippen LogP contribution < -0.4 is 10.1 Å². The number of benzene rings is 2. The average molecular weight is 389 g/mol. The lowest BCUT2D eigenvalue weighted by atomic mass is 10.1. The minimum atomic E-state index is -0.639. The van der Waals surface area contributed by atoms with Gasteiger partial charge in [-0.3, -0.25) is 9.59 Å². The van der Waals surface area contributed by atoms with Crippen LogP contribution in [-0.4, -0.2) is 35.9 Å². The molecule has 0 saturated heterocycles. The molecular weight excluding hydrogens is 364 g/mol. The quantitative estimate of drug-likeness (QED) is 0.713. The maximum absolute atomic E-state index is 12.8. The minimum absolute atomic E-state index is 0.153. The smallest absolute Gasteiger partial charge is 0.261 e. The van der Waals surface area contributed by atoms with Crippen molar-refractivity contribution in [1.29, 1.82) is 0 Å². The van der Waals surface area contributed by atoms with E-state index in [1.54, 1.807) is 25.1 Å². The maximum atomic E-state index is 12.8. The number of para-hydroxylation sites is 1. The highest BCUT2D eigenvalue weighted by molar-refractivity contribution is 6.31. The molecule has 0 aliphatic rings. The molecule has 1 atom stereocenters. The number of hydrogen-bond donors (Lipinski definition) is 1. The first-order valence-electron chi connectivity index (χ1n) is 9.01. The number of carbonyl (C=O) groups is 2. The van der Waals surface area contributed by atoms with Crippen LogP contribution in [0.25, 0.3) is 0 Å². The van der Waals surface area contributed by atoms with Crippen LogP contribution in [0.1, 0.15) is 25.8 Å². The summed E-state index contributed by atoms with van der Waals surface area (Å²) in [6, 6.07) is 15.8. The number of rotatable bonds is 9. The van der Waals surface area contributed by atoms with E-state index in [1.165, 1.54) is 4.90 Å². The standard InChI is InChI=1S/C21H25ClN2O3/c1-3-13-23-21(26)16(2)24(14-17-9-7-8-12-19(17)22)20(25)15-27-18-10-5-4-6-11-18/h4-12,16H,3,13-15H2,1-2H3,(H,23,26).